The predicted octanol–water partition coefficient (Wildman–Crippen LogP) is 2.20. The monoisotopic (exact) mass is 183 g/mol. The maximum atomic E-state index is 12.8. The van der Waals surface area contributed by atoms with E-state index in [2.05, 4.69) is 16.8 Å². The summed E-state index contributed by atoms with van der Waals surface area (Å²) in [5.74, 6) is 5.49. The Morgan fingerprint density at radius 2 is 2.42 bits per heavy atom. The molecule has 1 nitrogen and oxygen atoms in total. The lowest BCUT2D eigenvalue weighted by molar-refractivity contribution is 0.618. The van der Waals surface area contributed by atoms with Crippen LogP contribution < -0.4 is 0 Å². The third kappa shape index (κ3) is 2.52. The van der Waals surface area contributed by atoms with Crippen molar-refractivity contribution in [2.45, 2.75) is 6.42 Å². The second-order valence-corrected chi connectivity index (χ2v) is 2.47. The molecule has 0 aliphatic heterocycles. The Kier molecular flexibility index (Phi) is 3.56. The van der Waals surface area contributed by atoms with E-state index < -0.39 is 0 Å². The van der Waals surface area contributed by atoms with Crippen molar-refractivity contribution in [2.75, 3.05) is 5.88 Å². The SMILES string of the molecule is Fc1cnccc1C#CCCCl. The Labute approximate surface area is 75.6 Å². The minimum Gasteiger partial charge on any atom is -0.262 e. The average molecular weight is 184 g/mol. The Bertz CT molecular complexity index is 314. The number of nitrogens with zero attached hydrogens (tertiary/aromatic N) is 1. The van der Waals surface area contributed by atoms with Crippen LogP contribution in [0.1, 0.15) is 12.0 Å². The van der Waals surface area contributed by atoms with Crippen LogP contribution in [-0.2, 0) is 0 Å². The molecule has 0 fully saturated rings. The fourth-order valence-corrected chi connectivity index (χ4v) is 0.776. The van der Waals surface area contributed by atoms with Crippen LogP contribution in [0.25, 0.3) is 0 Å². The number of aromatic nitrogens is 1. The molecule has 0 unspecified atom stereocenters. The summed E-state index contributed by atoms with van der Waals surface area (Å²) < 4.78 is 12.8. The van der Waals surface area contributed by atoms with E-state index in [-0.39, 0.29) is 5.82 Å². The van der Waals surface area contributed by atoms with Crippen molar-refractivity contribution in [1.82, 2.24) is 4.98 Å². The molecule has 0 saturated heterocycles. The molecule has 0 radical (unpaired) electrons. The summed E-state index contributed by atoms with van der Waals surface area (Å²) in [7, 11) is 0. The van der Waals surface area contributed by atoms with Gasteiger partial charge in [-0.1, -0.05) is 11.8 Å². The molecule has 0 N–H and O–H groups in total. The molecule has 0 aromatic carbocycles. The maximum Gasteiger partial charge on any atom is 0.157 e. The van der Waals surface area contributed by atoms with Gasteiger partial charge in [0.15, 0.2) is 5.82 Å². The minimum absolute atomic E-state index is 0.370. The molecule has 0 aliphatic carbocycles. The Hall–Kier alpha value is -1.07. The van der Waals surface area contributed by atoms with E-state index in [0.29, 0.717) is 17.9 Å². The Morgan fingerprint density at radius 1 is 1.58 bits per heavy atom. The van der Waals surface area contributed by atoms with Crippen LogP contribution in [0.2, 0.25) is 0 Å². The van der Waals surface area contributed by atoms with E-state index in [1.165, 1.54) is 12.3 Å². The first-order valence-corrected chi connectivity index (χ1v) is 4.02. The minimum atomic E-state index is -0.389. The summed E-state index contributed by atoms with van der Waals surface area (Å²) in [4.78, 5) is 3.60. The molecule has 0 amide bonds. The van der Waals surface area contributed by atoms with E-state index in [0.717, 1.165) is 6.20 Å². The molecule has 0 aliphatic rings. The van der Waals surface area contributed by atoms with Gasteiger partial charge in [0.1, 0.15) is 0 Å². The number of hydrogen-bond donors (Lipinski definition) is 0. The highest BCUT2D eigenvalue weighted by Crippen LogP contribution is 2.01. The summed E-state index contributed by atoms with van der Waals surface area (Å²) >= 11 is 5.40. The van der Waals surface area contributed by atoms with Gasteiger partial charge in [-0.15, -0.1) is 11.6 Å². The van der Waals surface area contributed by atoms with Gasteiger partial charge in [-0.05, 0) is 6.07 Å². The fourth-order valence-electron chi connectivity index (χ4n) is 0.682. The third-order valence-corrected chi connectivity index (χ3v) is 1.40. The predicted molar refractivity (Wildman–Crippen MR) is 46.4 cm³/mol. The van der Waals surface area contributed by atoms with Crippen LogP contribution in [0.4, 0.5) is 4.39 Å². The van der Waals surface area contributed by atoms with Gasteiger partial charge in [0, 0.05) is 18.5 Å². The highest BCUT2D eigenvalue weighted by molar-refractivity contribution is 6.18. The fraction of sp³-hybridized carbons (Fsp3) is 0.222. The zero-order chi connectivity index (χ0) is 8.81. The highest BCUT2D eigenvalue weighted by Gasteiger charge is 1.94. The van der Waals surface area contributed by atoms with Crippen LogP contribution in [0.3, 0.4) is 0 Å². The molecule has 1 aromatic rings. The van der Waals surface area contributed by atoms with Gasteiger partial charge in [-0.25, -0.2) is 4.39 Å². The zero-order valence-electron chi connectivity index (χ0n) is 6.35. The number of hydrogen-bond acceptors (Lipinski definition) is 1. The smallest absolute Gasteiger partial charge is 0.157 e. The molecule has 0 bridgehead atoms. The Balaban J connectivity index is 2.77. The van der Waals surface area contributed by atoms with Crippen molar-refractivity contribution in [3.63, 3.8) is 0 Å². The summed E-state index contributed by atoms with van der Waals surface area (Å²) in [6, 6.07) is 1.54. The zero-order valence-corrected chi connectivity index (χ0v) is 7.11. The van der Waals surface area contributed by atoms with Crippen molar-refractivity contribution >= 4 is 11.6 Å². The summed E-state index contributed by atoms with van der Waals surface area (Å²) in [6.45, 7) is 0. The van der Waals surface area contributed by atoms with Crippen LogP contribution in [-0.4, -0.2) is 10.9 Å². The van der Waals surface area contributed by atoms with E-state index in [1.807, 2.05) is 0 Å². The molecular weight excluding hydrogens is 177 g/mol. The van der Waals surface area contributed by atoms with Gasteiger partial charge in [-0.2, -0.15) is 0 Å². The lowest BCUT2D eigenvalue weighted by Gasteiger charge is -1.89. The summed E-state index contributed by atoms with van der Waals surface area (Å²) in [6.07, 6.45) is 3.22. The summed E-state index contributed by atoms with van der Waals surface area (Å²) in [5, 5.41) is 0. The first kappa shape index (κ1) is 9.02. The number of alkyl halides is 1. The Morgan fingerprint density at radius 3 is 3.08 bits per heavy atom. The quantitative estimate of drug-likeness (QED) is 0.481. The van der Waals surface area contributed by atoms with Gasteiger partial charge in [0.2, 0.25) is 0 Å². The highest BCUT2D eigenvalue weighted by atomic mass is 35.5. The van der Waals surface area contributed by atoms with Gasteiger partial charge in [0.05, 0.1) is 11.8 Å². The molecule has 62 valence electrons. The normalized spacial score (nSPS) is 8.83. The van der Waals surface area contributed by atoms with Crippen molar-refractivity contribution < 1.29 is 4.39 Å². The second kappa shape index (κ2) is 4.74. The molecule has 0 spiro atoms. The number of pyridine rings is 1. The summed E-state index contributed by atoms with van der Waals surface area (Å²) in [5.41, 5.74) is 0.370. The van der Waals surface area contributed by atoms with E-state index in [1.54, 1.807) is 0 Å². The molecule has 1 aromatic heterocycles. The molecule has 0 atom stereocenters. The van der Waals surface area contributed by atoms with E-state index >= 15 is 0 Å². The van der Waals surface area contributed by atoms with Crippen molar-refractivity contribution in [3.05, 3.63) is 29.8 Å². The van der Waals surface area contributed by atoms with Crippen LogP contribution in [0.5, 0.6) is 0 Å². The molecule has 3 heteroatoms. The second-order valence-electron chi connectivity index (χ2n) is 2.10. The van der Waals surface area contributed by atoms with Crippen molar-refractivity contribution in [2.24, 2.45) is 0 Å². The first-order chi connectivity index (χ1) is 5.84. The van der Waals surface area contributed by atoms with E-state index in [9.17, 15) is 4.39 Å². The maximum absolute atomic E-state index is 12.8. The van der Waals surface area contributed by atoms with Gasteiger partial charge in [-0.3, -0.25) is 4.98 Å². The number of halogens is 2. The topological polar surface area (TPSA) is 12.9 Å². The molecule has 1 heterocycles. The van der Waals surface area contributed by atoms with Crippen LogP contribution in [0.15, 0.2) is 18.5 Å². The van der Waals surface area contributed by atoms with E-state index in [4.69, 9.17) is 11.6 Å². The van der Waals surface area contributed by atoms with Crippen molar-refractivity contribution in [3.8, 4) is 11.8 Å². The van der Waals surface area contributed by atoms with Gasteiger partial charge in [0.25, 0.3) is 0 Å². The number of rotatable bonds is 1. The first-order valence-electron chi connectivity index (χ1n) is 3.49. The molecule has 0 saturated carbocycles. The lowest BCUT2D eigenvalue weighted by atomic mass is 10.2. The van der Waals surface area contributed by atoms with Gasteiger partial charge >= 0.3 is 0 Å². The molecule has 12 heavy (non-hydrogen) atoms. The largest absolute Gasteiger partial charge is 0.262 e. The molecule has 1 rings (SSSR count). The lowest BCUT2D eigenvalue weighted by Crippen LogP contribution is -1.83. The van der Waals surface area contributed by atoms with Gasteiger partial charge < -0.3 is 0 Å². The molecular formula is C9H7ClFN. The van der Waals surface area contributed by atoms with Crippen LogP contribution >= 0.6 is 11.6 Å². The van der Waals surface area contributed by atoms with Crippen molar-refractivity contribution in [1.29, 1.82) is 0 Å². The third-order valence-electron chi connectivity index (χ3n) is 1.21. The standard InChI is InChI=1S/C9H7ClFN/c10-5-2-1-3-8-4-6-12-7-9(8)11/h4,6-7H,2,5H2. The average Bonchev–Trinajstić information content (AvgIpc) is 2.09. The van der Waals surface area contributed by atoms with Crippen LogP contribution in [0, 0.1) is 17.7 Å².